The van der Waals surface area contributed by atoms with E-state index in [2.05, 4.69) is 41.5 Å². The topological polar surface area (TPSA) is 20.2 Å². The number of allylic oxidation sites excluding steroid dienone is 2. The molecule has 1 heteroatoms. The summed E-state index contributed by atoms with van der Waals surface area (Å²) in [6.45, 7) is 14.5. The van der Waals surface area contributed by atoms with Crippen LogP contribution in [0.5, 0.6) is 5.75 Å². The van der Waals surface area contributed by atoms with E-state index in [-0.39, 0.29) is 0 Å². The number of rotatable bonds is 1. The first-order valence-electron chi connectivity index (χ1n) is 5.72. The molecule has 16 heavy (non-hydrogen) atoms. The van der Waals surface area contributed by atoms with Gasteiger partial charge in [-0.1, -0.05) is 5.57 Å². The second-order valence-corrected chi connectivity index (χ2v) is 4.85. The lowest BCUT2D eigenvalue weighted by Crippen LogP contribution is -1.98. The van der Waals surface area contributed by atoms with Gasteiger partial charge in [0, 0.05) is 5.56 Å². The largest absolute Gasteiger partial charge is 0.507 e. The van der Waals surface area contributed by atoms with Gasteiger partial charge in [-0.2, -0.15) is 0 Å². The zero-order valence-electron chi connectivity index (χ0n) is 11.4. The first-order chi connectivity index (χ1) is 7.29. The minimum absolute atomic E-state index is 0.444. The van der Waals surface area contributed by atoms with Crippen molar-refractivity contribution in [1.29, 1.82) is 0 Å². The van der Waals surface area contributed by atoms with E-state index in [1.165, 1.54) is 27.8 Å². The Kier molecular flexibility index (Phi) is 3.47. The molecule has 0 bridgehead atoms. The Balaban J connectivity index is 3.72. The third-order valence-corrected chi connectivity index (χ3v) is 3.78. The summed E-state index contributed by atoms with van der Waals surface area (Å²) in [6, 6.07) is 0. The van der Waals surface area contributed by atoms with Crippen LogP contribution in [-0.2, 0) is 0 Å². The van der Waals surface area contributed by atoms with E-state index in [0.29, 0.717) is 5.75 Å². The smallest absolute Gasteiger partial charge is 0.126 e. The first kappa shape index (κ1) is 12.8. The third kappa shape index (κ3) is 1.87. The standard InChI is InChI=1S/C15H22O/c1-8(2)9(3)14-12(6)10(4)11(5)13(7)15(14)16/h16H,1-7H3. The lowest BCUT2D eigenvalue weighted by atomic mass is 9.89. The average molecular weight is 218 g/mol. The summed E-state index contributed by atoms with van der Waals surface area (Å²) in [5, 5.41) is 10.3. The lowest BCUT2D eigenvalue weighted by molar-refractivity contribution is 0.468. The van der Waals surface area contributed by atoms with Gasteiger partial charge in [-0.3, -0.25) is 0 Å². The molecule has 0 atom stereocenters. The quantitative estimate of drug-likeness (QED) is 0.739. The number of phenolic OH excluding ortho intramolecular Hbond substituents is 1. The van der Waals surface area contributed by atoms with Gasteiger partial charge in [0.15, 0.2) is 0 Å². The molecule has 0 saturated carbocycles. The maximum absolute atomic E-state index is 10.3. The van der Waals surface area contributed by atoms with Gasteiger partial charge in [0.2, 0.25) is 0 Å². The minimum Gasteiger partial charge on any atom is -0.507 e. The average Bonchev–Trinajstić information content (AvgIpc) is 2.23. The molecule has 0 aliphatic heterocycles. The Bertz CT molecular complexity index is 432. The Morgan fingerprint density at radius 3 is 1.62 bits per heavy atom. The first-order valence-corrected chi connectivity index (χ1v) is 5.72. The van der Waals surface area contributed by atoms with Crippen LogP contribution in [0.15, 0.2) is 5.57 Å². The van der Waals surface area contributed by atoms with Crippen LogP contribution in [0.2, 0.25) is 0 Å². The van der Waals surface area contributed by atoms with Crippen LogP contribution >= 0.6 is 0 Å². The molecule has 1 aromatic carbocycles. The van der Waals surface area contributed by atoms with E-state index in [4.69, 9.17) is 0 Å². The zero-order valence-corrected chi connectivity index (χ0v) is 11.4. The molecular formula is C15H22O. The molecule has 1 rings (SSSR count). The van der Waals surface area contributed by atoms with Gasteiger partial charge in [0.05, 0.1) is 0 Å². The highest BCUT2D eigenvalue weighted by atomic mass is 16.3. The highest BCUT2D eigenvalue weighted by Gasteiger charge is 2.15. The summed E-state index contributed by atoms with van der Waals surface area (Å²) < 4.78 is 0. The van der Waals surface area contributed by atoms with E-state index < -0.39 is 0 Å². The molecule has 1 aromatic rings. The summed E-state index contributed by atoms with van der Waals surface area (Å²) in [5.74, 6) is 0.444. The number of hydrogen-bond acceptors (Lipinski definition) is 1. The Morgan fingerprint density at radius 2 is 1.19 bits per heavy atom. The summed E-state index contributed by atoms with van der Waals surface area (Å²) in [7, 11) is 0. The van der Waals surface area contributed by atoms with Gasteiger partial charge < -0.3 is 5.11 Å². The van der Waals surface area contributed by atoms with Crippen molar-refractivity contribution in [3.05, 3.63) is 33.4 Å². The fraction of sp³-hybridized carbons (Fsp3) is 0.467. The van der Waals surface area contributed by atoms with Crippen LogP contribution in [0.1, 0.15) is 48.6 Å². The Morgan fingerprint density at radius 1 is 0.750 bits per heavy atom. The molecule has 0 heterocycles. The summed E-state index contributed by atoms with van der Waals surface area (Å²) in [6.07, 6.45) is 0. The summed E-state index contributed by atoms with van der Waals surface area (Å²) >= 11 is 0. The Labute approximate surface area is 98.8 Å². The van der Waals surface area contributed by atoms with Gasteiger partial charge >= 0.3 is 0 Å². The lowest BCUT2D eigenvalue weighted by Gasteiger charge is -2.18. The van der Waals surface area contributed by atoms with E-state index in [0.717, 1.165) is 11.1 Å². The normalized spacial score (nSPS) is 10.4. The van der Waals surface area contributed by atoms with Crippen LogP contribution < -0.4 is 0 Å². The second-order valence-electron chi connectivity index (χ2n) is 4.85. The number of aromatic hydroxyl groups is 1. The SMILES string of the molecule is CC(C)=C(C)c1c(C)c(C)c(C)c(C)c1O. The molecule has 0 unspecified atom stereocenters. The molecule has 0 fully saturated rings. The van der Waals surface area contributed by atoms with Crippen molar-refractivity contribution < 1.29 is 5.11 Å². The number of hydrogen-bond donors (Lipinski definition) is 1. The van der Waals surface area contributed by atoms with Crippen molar-refractivity contribution >= 4 is 5.57 Å². The third-order valence-electron chi connectivity index (χ3n) is 3.78. The fourth-order valence-electron chi connectivity index (χ4n) is 2.00. The van der Waals surface area contributed by atoms with Gasteiger partial charge in [-0.25, -0.2) is 0 Å². The minimum atomic E-state index is 0.444. The second kappa shape index (κ2) is 4.32. The van der Waals surface area contributed by atoms with Crippen molar-refractivity contribution in [3.8, 4) is 5.75 Å². The molecule has 0 radical (unpaired) electrons. The van der Waals surface area contributed by atoms with Gasteiger partial charge in [0.1, 0.15) is 5.75 Å². The van der Waals surface area contributed by atoms with Crippen molar-refractivity contribution in [2.45, 2.75) is 48.5 Å². The van der Waals surface area contributed by atoms with Crippen LogP contribution in [0.25, 0.3) is 5.57 Å². The van der Waals surface area contributed by atoms with Crippen LogP contribution in [0, 0.1) is 27.7 Å². The highest BCUT2D eigenvalue weighted by Crippen LogP contribution is 2.37. The molecular weight excluding hydrogens is 196 g/mol. The van der Waals surface area contributed by atoms with Gasteiger partial charge in [0.25, 0.3) is 0 Å². The predicted octanol–water partition coefficient (Wildman–Crippen LogP) is 4.44. The monoisotopic (exact) mass is 218 g/mol. The van der Waals surface area contributed by atoms with E-state index in [1.807, 2.05) is 6.92 Å². The maximum atomic E-state index is 10.3. The van der Waals surface area contributed by atoms with Crippen molar-refractivity contribution in [2.75, 3.05) is 0 Å². The maximum Gasteiger partial charge on any atom is 0.126 e. The van der Waals surface area contributed by atoms with E-state index >= 15 is 0 Å². The van der Waals surface area contributed by atoms with Crippen molar-refractivity contribution in [2.24, 2.45) is 0 Å². The highest BCUT2D eigenvalue weighted by molar-refractivity contribution is 5.76. The molecule has 0 aliphatic carbocycles. The molecule has 0 amide bonds. The van der Waals surface area contributed by atoms with Gasteiger partial charge in [-0.05, 0) is 76.3 Å². The van der Waals surface area contributed by atoms with Crippen LogP contribution in [0.3, 0.4) is 0 Å². The number of benzene rings is 1. The van der Waals surface area contributed by atoms with E-state index in [9.17, 15) is 5.11 Å². The van der Waals surface area contributed by atoms with Crippen molar-refractivity contribution in [3.63, 3.8) is 0 Å². The molecule has 0 aromatic heterocycles. The molecule has 0 aliphatic rings. The van der Waals surface area contributed by atoms with Crippen LogP contribution in [-0.4, -0.2) is 5.11 Å². The summed E-state index contributed by atoms with van der Waals surface area (Å²) in [4.78, 5) is 0. The molecule has 0 spiro atoms. The number of phenols is 1. The predicted molar refractivity (Wildman–Crippen MR) is 71.0 cm³/mol. The molecule has 1 N–H and O–H groups in total. The Hall–Kier alpha value is -1.24. The zero-order chi connectivity index (χ0) is 12.6. The molecule has 88 valence electrons. The van der Waals surface area contributed by atoms with E-state index in [1.54, 1.807) is 0 Å². The van der Waals surface area contributed by atoms with Crippen LogP contribution in [0.4, 0.5) is 0 Å². The molecule has 0 saturated heterocycles. The summed E-state index contributed by atoms with van der Waals surface area (Å²) in [5.41, 5.74) is 8.12. The fourth-order valence-corrected chi connectivity index (χ4v) is 2.00. The molecule has 1 nitrogen and oxygen atoms in total. The van der Waals surface area contributed by atoms with Crippen molar-refractivity contribution in [1.82, 2.24) is 0 Å². The van der Waals surface area contributed by atoms with Gasteiger partial charge in [-0.15, -0.1) is 0 Å².